The van der Waals surface area contributed by atoms with Crippen molar-refractivity contribution in [3.05, 3.63) is 23.8 Å². The second kappa shape index (κ2) is 6.02. The summed E-state index contributed by atoms with van der Waals surface area (Å²) in [4.78, 5) is 12.6. The number of hydrogen-bond donors (Lipinski definition) is 3. The average molecular weight is 352 g/mol. The first-order valence-corrected chi connectivity index (χ1v) is 9.72. The van der Waals surface area contributed by atoms with Gasteiger partial charge >= 0.3 is 0 Å². The molecule has 1 amide bonds. The van der Waals surface area contributed by atoms with Crippen LogP contribution >= 0.6 is 0 Å². The SMILES string of the molecule is CC1(N)CCCCC1C(=O)Nc1ccc2c(c1)N(S(N)(=O)=O)CC2. The van der Waals surface area contributed by atoms with Crippen molar-refractivity contribution in [2.75, 3.05) is 16.2 Å². The summed E-state index contributed by atoms with van der Waals surface area (Å²) >= 11 is 0. The number of carbonyl (C=O) groups excluding carboxylic acids is 1. The van der Waals surface area contributed by atoms with E-state index in [9.17, 15) is 13.2 Å². The van der Waals surface area contributed by atoms with Crippen LogP contribution in [0.3, 0.4) is 0 Å². The predicted molar refractivity (Wildman–Crippen MR) is 93.8 cm³/mol. The van der Waals surface area contributed by atoms with E-state index in [0.29, 0.717) is 24.3 Å². The summed E-state index contributed by atoms with van der Waals surface area (Å²) in [7, 11) is -3.80. The molecule has 1 aliphatic heterocycles. The Morgan fingerprint density at radius 3 is 2.79 bits per heavy atom. The van der Waals surface area contributed by atoms with Gasteiger partial charge in [0.1, 0.15) is 0 Å². The molecule has 0 spiro atoms. The van der Waals surface area contributed by atoms with Crippen molar-refractivity contribution in [3.63, 3.8) is 0 Å². The van der Waals surface area contributed by atoms with Crippen LogP contribution in [-0.4, -0.2) is 26.4 Å². The number of amides is 1. The Balaban J connectivity index is 1.81. The van der Waals surface area contributed by atoms with Crippen molar-refractivity contribution < 1.29 is 13.2 Å². The third-order valence-corrected chi connectivity index (χ3v) is 6.08. The first kappa shape index (κ1) is 17.2. The third kappa shape index (κ3) is 3.26. The monoisotopic (exact) mass is 352 g/mol. The molecule has 2 aliphatic rings. The fourth-order valence-corrected chi connectivity index (χ4v) is 4.50. The van der Waals surface area contributed by atoms with Gasteiger partial charge in [0.2, 0.25) is 5.91 Å². The summed E-state index contributed by atoms with van der Waals surface area (Å²) in [5, 5.41) is 8.14. The molecule has 1 aromatic rings. The van der Waals surface area contributed by atoms with Crippen molar-refractivity contribution in [1.82, 2.24) is 0 Å². The van der Waals surface area contributed by atoms with E-state index in [1.807, 2.05) is 13.0 Å². The van der Waals surface area contributed by atoms with E-state index in [1.165, 1.54) is 4.31 Å². The molecule has 2 atom stereocenters. The molecular formula is C16H24N4O3S. The van der Waals surface area contributed by atoms with Gasteiger partial charge in [-0.2, -0.15) is 8.42 Å². The van der Waals surface area contributed by atoms with Crippen molar-refractivity contribution in [3.8, 4) is 0 Å². The van der Waals surface area contributed by atoms with E-state index in [0.717, 1.165) is 31.2 Å². The minimum absolute atomic E-state index is 0.111. The molecular weight excluding hydrogens is 328 g/mol. The van der Waals surface area contributed by atoms with Gasteiger partial charge in [0.05, 0.1) is 11.6 Å². The molecule has 0 bridgehead atoms. The van der Waals surface area contributed by atoms with Crippen molar-refractivity contribution in [1.29, 1.82) is 0 Å². The Bertz CT molecular complexity index is 761. The fourth-order valence-electron chi connectivity index (χ4n) is 3.71. The molecule has 1 aromatic carbocycles. The van der Waals surface area contributed by atoms with Crippen LogP contribution in [0.1, 0.15) is 38.2 Å². The standard InChI is InChI=1S/C16H24N4O3S/c1-16(17)8-3-2-4-13(16)15(21)19-12-6-5-11-7-9-20(14(11)10-12)24(18,22)23/h5-6,10,13H,2-4,7-9,17H2,1H3,(H,19,21)(H2,18,22,23). The van der Waals surface area contributed by atoms with Gasteiger partial charge < -0.3 is 11.1 Å². The van der Waals surface area contributed by atoms with Crippen LogP contribution in [0.5, 0.6) is 0 Å². The maximum absolute atomic E-state index is 12.6. The Hall–Kier alpha value is -1.64. The van der Waals surface area contributed by atoms with Crippen LogP contribution in [0.15, 0.2) is 18.2 Å². The highest BCUT2D eigenvalue weighted by Crippen LogP contribution is 2.34. The van der Waals surface area contributed by atoms with E-state index in [-0.39, 0.29) is 11.8 Å². The van der Waals surface area contributed by atoms with Crippen LogP contribution < -0.4 is 20.5 Å². The van der Waals surface area contributed by atoms with E-state index < -0.39 is 15.7 Å². The maximum Gasteiger partial charge on any atom is 0.299 e. The molecule has 1 fully saturated rings. The van der Waals surface area contributed by atoms with Crippen LogP contribution in [0.2, 0.25) is 0 Å². The predicted octanol–water partition coefficient (Wildman–Crippen LogP) is 1.10. The topological polar surface area (TPSA) is 119 Å². The lowest BCUT2D eigenvalue weighted by Crippen LogP contribution is -2.51. The quantitative estimate of drug-likeness (QED) is 0.754. The largest absolute Gasteiger partial charge is 0.326 e. The van der Waals surface area contributed by atoms with E-state index in [4.69, 9.17) is 10.9 Å². The number of anilines is 2. The maximum atomic E-state index is 12.6. The number of fused-ring (bicyclic) bond motifs is 1. The summed E-state index contributed by atoms with van der Waals surface area (Å²) in [6.45, 7) is 2.25. The molecule has 8 heteroatoms. The molecule has 24 heavy (non-hydrogen) atoms. The summed E-state index contributed by atoms with van der Waals surface area (Å²) in [5.74, 6) is -0.353. The number of carbonyl (C=O) groups is 1. The van der Waals surface area contributed by atoms with Gasteiger partial charge in [-0.1, -0.05) is 18.9 Å². The molecule has 1 saturated carbocycles. The van der Waals surface area contributed by atoms with Crippen molar-refractivity contribution in [2.24, 2.45) is 16.8 Å². The van der Waals surface area contributed by atoms with Crippen LogP contribution in [0.4, 0.5) is 11.4 Å². The number of rotatable bonds is 3. The number of nitrogens with two attached hydrogens (primary N) is 2. The number of nitrogens with one attached hydrogen (secondary N) is 1. The fraction of sp³-hybridized carbons (Fsp3) is 0.562. The summed E-state index contributed by atoms with van der Waals surface area (Å²) < 4.78 is 24.5. The van der Waals surface area contributed by atoms with Gasteiger partial charge in [0.25, 0.3) is 10.2 Å². The van der Waals surface area contributed by atoms with E-state index >= 15 is 0 Å². The average Bonchev–Trinajstić information content (AvgIpc) is 2.89. The number of nitrogens with zero attached hydrogens (tertiary/aromatic N) is 1. The Kier molecular flexibility index (Phi) is 4.31. The highest BCUT2D eigenvalue weighted by molar-refractivity contribution is 7.90. The molecule has 0 radical (unpaired) electrons. The zero-order chi connectivity index (χ0) is 17.5. The second-order valence-corrected chi connectivity index (χ2v) is 8.47. The van der Waals surface area contributed by atoms with Crippen molar-refractivity contribution >= 4 is 27.5 Å². The molecule has 7 nitrogen and oxygen atoms in total. The van der Waals surface area contributed by atoms with Gasteiger partial charge in [-0.15, -0.1) is 0 Å². The molecule has 0 aromatic heterocycles. The lowest BCUT2D eigenvalue weighted by molar-refractivity contribution is -0.122. The molecule has 0 saturated heterocycles. The molecule has 1 heterocycles. The molecule has 1 aliphatic carbocycles. The highest BCUT2D eigenvalue weighted by Gasteiger charge is 2.38. The molecule has 2 unspecified atom stereocenters. The van der Waals surface area contributed by atoms with Gasteiger partial charge in [-0.25, -0.2) is 5.14 Å². The van der Waals surface area contributed by atoms with Crippen molar-refractivity contribution in [2.45, 2.75) is 44.6 Å². The zero-order valence-corrected chi connectivity index (χ0v) is 14.6. The lowest BCUT2D eigenvalue weighted by atomic mass is 9.74. The Labute approximate surface area is 142 Å². The van der Waals surface area contributed by atoms with Gasteiger partial charge in [-0.05, 0) is 43.9 Å². The van der Waals surface area contributed by atoms with Crippen LogP contribution in [0, 0.1) is 5.92 Å². The third-order valence-electron chi connectivity index (χ3n) is 5.08. The summed E-state index contributed by atoms with van der Waals surface area (Å²) in [6.07, 6.45) is 4.25. The number of benzene rings is 1. The highest BCUT2D eigenvalue weighted by atomic mass is 32.2. The second-order valence-electron chi connectivity index (χ2n) is 7.00. The molecule has 132 valence electrons. The van der Waals surface area contributed by atoms with Crippen LogP contribution in [0.25, 0.3) is 0 Å². The van der Waals surface area contributed by atoms with E-state index in [2.05, 4.69) is 5.32 Å². The smallest absolute Gasteiger partial charge is 0.299 e. The van der Waals surface area contributed by atoms with E-state index in [1.54, 1.807) is 12.1 Å². The van der Waals surface area contributed by atoms with Crippen LogP contribution in [-0.2, 0) is 21.4 Å². The Morgan fingerprint density at radius 2 is 2.12 bits per heavy atom. The lowest BCUT2D eigenvalue weighted by Gasteiger charge is -2.37. The minimum atomic E-state index is -3.80. The molecule has 5 N–H and O–H groups in total. The summed E-state index contributed by atoms with van der Waals surface area (Å²) in [6, 6.07) is 5.29. The molecule has 3 rings (SSSR count). The normalized spacial score (nSPS) is 27.0. The van der Waals surface area contributed by atoms with Gasteiger partial charge in [0, 0.05) is 17.8 Å². The van der Waals surface area contributed by atoms with Gasteiger partial charge in [-0.3, -0.25) is 9.10 Å². The zero-order valence-electron chi connectivity index (χ0n) is 13.8. The first-order chi connectivity index (χ1) is 11.2. The van der Waals surface area contributed by atoms with Gasteiger partial charge in [0.15, 0.2) is 0 Å². The Morgan fingerprint density at radius 1 is 1.38 bits per heavy atom. The number of hydrogen-bond acceptors (Lipinski definition) is 4. The first-order valence-electron chi connectivity index (χ1n) is 8.21. The minimum Gasteiger partial charge on any atom is -0.326 e. The summed E-state index contributed by atoms with van der Waals surface area (Å²) in [5.41, 5.74) is 7.78.